The van der Waals surface area contributed by atoms with Gasteiger partial charge in [-0.2, -0.15) is 8.78 Å². The summed E-state index contributed by atoms with van der Waals surface area (Å²) in [5.41, 5.74) is 0. The predicted octanol–water partition coefficient (Wildman–Crippen LogP) is 2.20. The summed E-state index contributed by atoms with van der Waals surface area (Å²) in [5, 5.41) is 8.90. The lowest BCUT2D eigenvalue weighted by Gasteiger charge is -2.15. The number of carbonyl (C=O) groups is 2. The van der Waals surface area contributed by atoms with E-state index in [1.54, 1.807) is 6.92 Å². The molecule has 1 amide bonds. The Morgan fingerprint density at radius 1 is 1.55 bits per heavy atom. The molecule has 2 rings (SSSR count). The van der Waals surface area contributed by atoms with Crippen molar-refractivity contribution < 1.29 is 28.2 Å². The zero-order valence-electron chi connectivity index (χ0n) is 10.6. The van der Waals surface area contributed by atoms with Crippen molar-refractivity contribution in [2.24, 2.45) is 5.92 Å². The molecule has 1 aromatic rings. The zero-order chi connectivity index (χ0) is 14.9. The fourth-order valence-corrected chi connectivity index (χ4v) is 3.03. The molecule has 0 bridgehead atoms. The molecule has 110 valence electrons. The van der Waals surface area contributed by atoms with Gasteiger partial charge in [0.2, 0.25) is 0 Å². The van der Waals surface area contributed by atoms with Crippen LogP contribution in [-0.4, -0.2) is 41.6 Å². The summed E-state index contributed by atoms with van der Waals surface area (Å²) in [4.78, 5) is 25.2. The SMILES string of the molecule is Cc1cc(OC(F)F)c(C(=O)N2CCC(C(=O)O)C2)s1. The number of rotatable bonds is 4. The van der Waals surface area contributed by atoms with Crippen LogP contribution in [0.1, 0.15) is 21.0 Å². The van der Waals surface area contributed by atoms with Crippen LogP contribution in [-0.2, 0) is 4.79 Å². The van der Waals surface area contributed by atoms with Crippen molar-refractivity contribution in [1.29, 1.82) is 0 Å². The average molecular weight is 305 g/mol. The minimum Gasteiger partial charge on any atom is -0.481 e. The minimum atomic E-state index is -3.00. The van der Waals surface area contributed by atoms with Gasteiger partial charge in [-0.15, -0.1) is 11.3 Å². The van der Waals surface area contributed by atoms with E-state index < -0.39 is 24.4 Å². The first-order chi connectivity index (χ1) is 9.38. The monoisotopic (exact) mass is 305 g/mol. The van der Waals surface area contributed by atoms with E-state index in [1.165, 1.54) is 11.0 Å². The van der Waals surface area contributed by atoms with Crippen LogP contribution >= 0.6 is 11.3 Å². The van der Waals surface area contributed by atoms with Crippen LogP contribution in [0.25, 0.3) is 0 Å². The highest BCUT2D eigenvalue weighted by atomic mass is 32.1. The van der Waals surface area contributed by atoms with Crippen molar-refractivity contribution in [3.63, 3.8) is 0 Å². The summed E-state index contributed by atoms with van der Waals surface area (Å²) in [6, 6.07) is 1.38. The van der Waals surface area contributed by atoms with Crippen LogP contribution in [0.5, 0.6) is 5.75 Å². The lowest BCUT2D eigenvalue weighted by Crippen LogP contribution is -2.29. The molecular formula is C12H13F2NO4S. The van der Waals surface area contributed by atoms with Crippen LogP contribution in [0.4, 0.5) is 8.78 Å². The lowest BCUT2D eigenvalue weighted by atomic mass is 10.1. The number of ether oxygens (including phenoxy) is 1. The molecule has 5 nitrogen and oxygen atoms in total. The van der Waals surface area contributed by atoms with Crippen molar-refractivity contribution in [3.05, 3.63) is 15.8 Å². The number of hydrogen-bond donors (Lipinski definition) is 1. The number of nitrogens with zero attached hydrogens (tertiary/aromatic N) is 1. The number of alkyl halides is 2. The number of carboxylic acid groups (broad SMARTS) is 1. The predicted molar refractivity (Wildman–Crippen MR) is 67.3 cm³/mol. The lowest BCUT2D eigenvalue weighted by molar-refractivity contribution is -0.141. The molecule has 0 aromatic carbocycles. The normalized spacial score (nSPS) is 18.6. The van der Waals surface area contributed by atoms with Crippen molar-refractivity contribution in [2.45, 2.75) is 20.0 Å². The highest BCUT2D eigenvalue weighted by Gasteiger charge is 2.33. The molecule has 1 aliphatic rings. The van der Waals surface area contributed by atoms with E-state index in [4.69, 9.17) is 5.11 Å². The second-order valence-corrected chi connectivity index (χ2v) is 5.76. The van der Waals surface area contributed by atoms with E-state index in [9.17, 15) is 18.4 Å². The number of aryl methyl sites for hydroxylation is 1. The molecule has 8 heteroatoms. The maximum atomic E-state index is 12.3. The molecule has 1 aromatic heterocycles. The van der Waals surface area contributed by atoms with Gasteiger partial charge < -0.3 is 14.7 Å². The van der Waals surface area contributed by atoms with E-state index in [-0.39, 0.29) is 17.2 Å². The van der Waals surface area contributed by atoms with Gasteiger partial charge >= 0.3 is 12.6 Å². The molecule has 2 heterocycles. The van der Waals surface area contributed by atoms with Crippen LogP contribution in [0.3, 0.4) is 0 Å². The smallest absolute Gasteiger partial charge is 0.387 e. The molecule has 1 aliphatic heterocycles. The summed E-state index contributed by atoms with van der Waals surface area (Å²) in [5.74, 6) is -2.15. The highest BCUT2D eigenvalue weighted by molar-refractivity contribution is 7.14. The summed E-state index contributed by atoms with van der Waals surface area (Å²) < 4.78 is 28.9. The summed E-state index contributed by atoms with van der Waals surface area (Å²) >= 11 is 1.06. The Balaban J connectivity index is 2.15. The molecule has 0 spiro atoms. The van der Waals surface area contributed by atoms with Crippen LogP contribution in [0, 0.1) is 12.8 Å². The Labute approximate surface area is 117 Å². The van der Waals surface area contributed by atoms with Gasteiger partial charge in [0.15, 0.2) is 0 Å². The van der Waals surface area contributed by atoms with Crippen LogP contribution < -0.4 is 4.74 Å². The number of carboxylic acids is 1. The van der Waals surface area contributed by atoms with Gasteiger partial charge in [0.05, 0.1) is 5.92 Å². The van der Waals surface area contributed by atoms with Gasteiger partial charge in [0.25, 0.3) is 5.91 Å². The van der Waals surface area contributed by atoms with E-state index in [0.29, 0.717) is 17.8 Å². The number of amides is 1. The van der Waals surface area contributed by atoms with Crippen molar-refractivity contribution in [1.82, 2.24) is 4.90 Å². The largest absolute Gasteiger partial charge is 0.481 e. The molecule has 1 saturated heterocycles. The van der Waals surface area contributed by atoms with Crippen molar-refractivity contribution >= 4 is 23.2 Å². The Morgan fingerprint density at radius 2 is 2.25 bits per heavy atom. The quantitative estimate of drug-likeness (QED) is 0.926. The molecule has 20 heavy (non-hydrogen) atoms. The number of likely N-dealkylation sites (tertiary alicyclic amines) is 1. The van der Waals surface area contributed by atoms with E-state index in [2.05, 4.69) is 4.74 Å². The highest BCUT2D eigenvalue weighted by Crippen LogP contribution is 2.32. The van der Waals surface area contributed by atoms with E-state index in [0.717, 1.165) is 11.3 Å². The molecule has 1 atom stereocenters. The first-order valence-electron chi connectivity index (χ1n) is 5.95. The van der Waals surface area contributed by atoms with E-state index >= 15 is 0 Å². The van der Waals surface area contributed by atoms with Gasteiger partial charge in [0, 0.05) is 18.0 Å². The first-order valence-corrected chi connectivity index (χ1v) is 6.77. The van der Waals surface area contributed by atoms with Gasteiger partial charge in [-0.05, 0) is 19.4 Å². The zero-order valence-corrected chi connectivity index (χ0v) is 11.5. The number of carbonyl (C=O) groups excluding carboxylic acids is 1. The maximum Gasteiger partial charge on any atom is 0.387 e. The fraction of sp³-hybridized carbons (Fsp3) is 0.500. The second-order valence-electron chi connectivity index (χ2n) is 4.50. The molecular weight excluding hydrogens is 292 g/mol. The molecule has 1 N–H and O–H groups in total. The van der Waals surface area contributed by atoms with Gasteiger partial charge in [-0.3, -0.25) is 9.59 Å². The number of hydrogen-bond acceptors (Lipinski definition) is 4. The molecule has 1 unspecified atom stereocenters. The molecule has 1 fully saturated rings. The van der Waals surface area contributed by atoms with Gasteiger partial charge in [-0.1, -0.05) is 0 Å². The fourth-order valence-electron chi connectivity index (χ4n) is 2.11. The Bertz CT molecular complexity index is 532. The third-order valence-electron chi connectivity index (χ3n) is 3.06. The van der Waals surface area contributed by atoms with Crippen molar-refractivity contribution in [2.75, 3.05) is 13.1 Å². The third-order valence-corrected chi connectivity index (χ3v) is 4.08. The second kappa shape index (κ2) is 5.74. The first kappa shape index (κ1) is 14.7. The maximum absolute atomic E-state index is 12.3. The summed E-state index contributed by atoms with van der Waals surface area (Å²) in [6.45, 7) is -0.912. The van der Waals surface area contributed by atoms with Crippen LogP contribution in [0.15, 0.2) is 6.07 Å². The Kier molecular flexibility index (Phi) is 4.22. The van der Waals surface area contributed by atoms with Gasteiger partial charge in [-0.25, -0.2) is 0 Å². The molecule has 0 saturated carbocycles. The third kappa shape index (κ3) is 3.06. The van der Waals surface area contributed by atoms with Gasteiger partial charge in [0.1, 0.15) is 10.6 Å². The Hall–Kier alpha value is -1.70. The number of halogens is 2. The Morgan fingerprint density at radius 3 is 2.80 bits per heavy atom. The molecule has 0 aliphatic carbocycles. The molecule has 0 radical (unpaired) electrons. The number of aliphatic carboxylic acids is 1. The topological polar surface area (TPSA) is 66.8 Å². The average Bonchev–Trinajstić information content (AvgIpc) is 2.94. The minimum absolute atomic E-state index is 0.0915. The summed E-state index contributed by atoms with van der Waals surface area (Å²) in [6.07, 6.45) is 0.371. The summed E-state index contributed by atoms with van der Waals surface area (Å²) in [7, 11) is 0. The van der Waals surface area contributed by atoms with Crippen LogP contribution in [0.2, 0.25) is 0 Å². The standard InChI is InChI=1S/C12H13F2NO4S/c1-6-4-8(19-12(13)14)9(20-6)10(16)15-3-2-7(5-15)11(17)18/h4,7,12H,2-3,5H2,1H3,(H,17,18). The van der Waals surface area contributed by atoms with Crippen molar-refractivity contribution in [3.8, 4) is 5.75 Å². The van der Waals surface area contributed by atoms with E-state index in [1.807, 2.05) is 0 Å². The number of thiophene rings is 1.